The Morgan fingerprint density at radius 1 is 1.20 bits per heavy atom. The van der Waals surface area contributed by atoms with Gasteiger partial charge in [-0.1, -0.05) is 0 Å². The normalized spacial score (nSPS) is 18.1. The molecule has 104 valence electrons. The van der Waals surface area contributed by atoms with Crippen molar-refractivity contribution in [1.29, 1.82) is 0 Å². The van der Waals surface area contributed by atoms with E-state index in [9.17, 15) is 13.2 Å². The van der Waals surface area contributed by atoms with Gasteiger partial charge in [0.1, 0.15) is 6.29 Å². The van der Waals surface area contributed by atoms with E-state index in [0.29, 0.717) is 24.6 Å². The minimum absolute atomic E-state index is 0.137. The van der Waals surface area contributed by atoms with Gasteiger partial charge in [-0.15, -0.1) is 0 Å². The van der Waals surface area contributed by atoms with Crippen LogP contribution < -0.4 is 4.90 Å². The number of hydrogen-bond donors (Lipinski definition) is 0. The zero-order chi connectivity index (χ0) is 14.2. The van der Waals surface area contributed by atoms with Crippen molar-refractivity contribution in [2.24, 2.45) is 0 Å². The van der Waals surface area contributed by atoms with Gasteiger partial charge >= 0.3 is 0 Å². The van der Waals surface area contributed by atoms with Crippen LogP contribution in [0.5, 0.6) is 0 Å². The number of nitrogens with zero attached hydrogens (tertiary/aromatic N) is 3. The van der Waals surface area contributed by atoms with E-state index in [4.69, 9.17) is 0 Å². The highest BCUT2D eigenvalue weighted by Crippen LogP contribution is 2.18. The molecular formula is C13H13N3O3S. The molecule has 0 atom stereocenters. The molecule has 1 saturated heterocycles. The SMILES string of the molecule is O=Cc1ccc2nc(N3CCS(=O)(=O)CC3)ncc2c1. The van der Waals surface area contributed by atoms with Gasteiger partial charge in [-0.05, 0) is 18.2 Å². The maximum Gasteiger partial charge on any atom is 0.225 e. The third kappa shape index (κ3) is 2.49. The van der Waals surface area contributed by atoms with Gasteiger partial charge in [-0.25, -0.2) is 18.4 Å². The second-order valence-electron chi connectivity index (χ2n) is 4.74. The van der Waals surface area contributed by atoms with Crippen LogP contribution in [0.3, 0.4) is 0 Å². The number of aromatic nitrogens is 2. The van der Waals surface area contributed by atoms with Gasteiger partial charge < -0.3 is 4.90 Å². The van der Waals surface area contributed by atoms with Gasteiger partial charge in [0.25, 0.3) is 0 Å². The fourth-order valence-corrected chi connectivity index (χ4v) is 3.38. The molecule has 7 heteroatoms. The lowest BCUT2D eigenvalue weighted by Gasteiger charge is -2.26. The van der Waals surface area contributed by atoms with Crippen LogP contribution in [0, 0.1) is 0 Å². The summed E-state index contributed by atoms with van der Waals surface area (Å²) in [6.07, 6.45) is 2.44. The van der Waals surface area contributed by atoms with Crippen molar-refractivity contribution < 1.29 is 13.2 Å². The van der Waals surface area contributed by atoms with Crippen molar-refractivity contribution in [3.05, 3.63) is 30.0 Å². The van der Waals surface area contributed by atoms with Crippen LogP contribution in [0.1, 0.15) is 10.4 Å². The van der Waals surface area contributed by atoms with Gasteiger partial charge in [0.15, 0.2) is 9.84 Å². The number of sulfone groups is 1. The largest absolute Gasteiger partial charge is 0.339 e. The summed E-state index contributed by atoms with van der Waals surface area (Å²) < 4.78 is 22.8. The maximum atomic E-state index is 11.4. The fraction of sp³-hybridized carbons (Fsp3) is 0.308. The molecule has 0 radical (unpaired) electrons. The molecule has 0 aliphatic carbocycles. The molecule has 1 aliphatic heterocycles. The molecule has 3 rings (SSSR count). The second-order valence-corrected chi connectivity index (χ2v) is 7.05. The Hall–Kier alpha value is -2.02. The summed E-state index contributed by atoms with van der Waals surface area (Å²) in [6, 6.07) is 5.20. The van der Waals surface area contributed by atoms with Crippen LogP contribution in [0.2, 0.25) is 0 Å². The van der Waals surface area contributed by atoms with Crippen molar-refractivity contribution >= 4 is 33.0 Å². The molecule has 0 amide bonds. The van der Waals surface area contributed by atoms with Crippen LogP contribution in [0.4, 0.5) is 5.95 Å². The topological polar surface area (TPSA) is 80.2 Å². The molecule has 0 spiro atoms. The van der Waals surface area contributed by atoms with E-state index in [-0.39, 0.29) is 11.5 Å². The Kier molecular flexibility index (Phi) is 3.13. The Balaban J connectivity index is 1.92. The molecule has 0 bridgehead atoms. The van der Waals surface area contributed by atoms with Gasteiger partial charge in [-0.2, -0.15) is 0 Å². The third-order valence-corrected chi connectivity index (χ3v) is 4.96. The van der Waals surface area contributed by atoms with E-state index in [1.54, 1.807) is 24.4 Å². The molecule has 1 aromatic carbocycles. The highest BCUT2D eigenvalue weighted by Gasteiger charge is 2.23. The molecule has 1 aromatic heterocycles. The zero-order valence-corrected chi connectivity index (χ0v) is 11.5. The van der Waals surface area contributed by atoms with Crippen molar-refractivity contribution in [2.45, 2.75) is 0 Å². The van der Waals surface area contributed by atoms with E-state index in [0.717, 1.165) is 17.2 Å². The third-order valence-electron chi connectivity index (χ3n) is 3.35. The summed E-state index contributed by atoms with van der Waals surface area (Å²) in [5.74, 6) is 0.808. The number of rotatable bonds is 2. The minimum Gasteiger partial charge on any atom is -0.339 e. The van der Waals surface area contributed by atoms with Gasteiger partial charge in [0, 0.05) is 30.2 Å². The molecule has 0 saturated carbocycles. The number of fused-ring (bicyclic) bond motifs is 1. The van der Waals surface area contributed by atoms with E-state index in [1.165, 1.54) is 0 Å². The monoisotopic (exact) mass is 291 g/mol. The Morgan fingerprint density at radius 3 is 2.65 bits per heavy atom. The number of benzene rings is 1. The first-order valence-corrected chi connectivity index (χ1v) is 8.07. The molecule has 6 nitrogen and oxygen atoms in total. The number of aldehydes is 1. The fourth-order valence-electron chi connectivity index (χ4n) is 2.18. The number of carbonyl (C=O) groups is 1. The lowest BCUT2D eigenvalue weighted by molar-refractivity contribution is 0.112. The highest BCUT2D eigenvalue weighted by atomic mass is 32.2. The Labute approximate surface area is 116 Å². The summed E-state index contributed by atoms with van der Waals surface area (Å²) in [7, 11) is -2.91. The van der Waals surface area contributed by atoms with Gasteiger partial charge in [0.2, 0.25) is 5.95 Å². The van der Waals surface area contributed by atoms with Crippen LogP contribution in [-0.2, 0) is 9.84 Å². The predicted octanol–water partition coefficient (Wildman–Crippen LogP) is 0.677. The lowest BCUT2D eigenvalue weighted by Crippen LogP contribution is -2.41. The van der Waals surface area contributed by atoms with Crippen molar-refractivity contribution in [2.75, 3.05) is 29.5 Å². The van der Waals surface area contributed by atoms with Crippen LogP contribution >= 0.6 is 0 Å². The number of hydrogen-bond acceptors (Lipinski definition) is 6. The highest BCUT2D eigenvalue weighted by molar-refractivity contribution is 7.91. The summed E-state index contributed by atoms with van der Waals surface area (Å²) in [4.78, 5) is 21.3. The average Bonchev–Trinajstić information content (AvgIpc) is 2.46. The van der Waals surface area contributed by atoms with Crippen molar-refractivity contribution in [3.8, 4) is 0 Å². The van der Waals surface area contributed by atoms with Crippen LogP contribution in [-0.4, -0.2) is 49.3 Å². The number of carbonyl (C=O) groups excluding carboxylic acids is 1. The smallest absolute Gasteiger partial charge is 0.225 e. The van der Waals surface area contributed by atoms with Crippen molar-refractivity contribution in [1.82, 2.24) is 9.97 Å². The first-order chi connectivity index (χ1) is 9.57. The summed E-state index contributed by atoms with van der Waals surface area (Å²) in [5.41, 5.74) is 1.33. The standard InChI is InChI=1S/C13H13N3O3S/c17-9-10-1-2-12-11(7-10)8-14-13(15-12)16-3-5-20(18,19)6-4-16/h1-2,7-9H,3-6H2. The molecule has 20 heavy (non-hydrogen) atoms. The molecule has 2 aromatic rings. The summed E-state index contributed by atoms with van der Waals surface area (Å²) >= 11 is 0. The zero-order valence-electron chi connectivity index (χ0n) is 10.7. The molecule has 1 aliphatic rings. The quantitative estimate of drug-likeness (QED) is 0.757. The average molecular weight is 291 g/mol. The Bertz CT molecular complexity index is 760. The maximum absolute atomic E-state index is 11.4. The van der Waals surface area contributed by atoms with E-state index < -0.39 is 9.84 Å². The molecule has 0 unspecified atom stereocenters. The molecule has 2 heterocycles. The lowest BCUT2D eigenvalue weighted by atomic mass is 10.2. The Morgan fingerprint density at radius 2 is 1.95 bits per heavy atom. The first-order valence-electron chi connectivity index (χ1n) is 6.25. The first kappa shape index (κ1) is 13.0. The second kappa shape index (κ2) is 4.82. The van der Waals surface area contributed by atoms with Crippen LogP contribution in [0.15, 0.2) is 24.4 Å². The minimum atomic E-state index is -2.91. The summed E-state index contributed by atoms with van der Waals surface area (Å²) in [5, 5.41) is 0.794. The molecule has 1 fully saturated rings. The van der Waals surface area contributed by atoms with E-state index >= 15 is 0 Å². The van der Waals surface area contributed by atoms with Gasteiger partial charge in [0.05, 0.1) is 17.0 Å². The van der Waals surface area contributed by atoms with Crippen LogP contribution in [0.25, 0.3) is 10.9 Å². The van der Waals surface area contributed by atoms with Gasteiger partial charge in [-0.3, -0.25) is 4.79 Å². The molecular weight excluding hydrogens is 278 g/mol. The predicted molar refractivity (Wildman–Crippen MR) is 75.8 cm³/mol. The molecule has 0 N–H and O–H groups in total. The van der Waals surface area contributed by atoms with E-state index in [1.807, 2.05) is 4.90 Å². The van der Waals surface area contributed by atoms with E-state index in [2.05, 4.69) is 9.97 Å². The van der Waals surface area contributed by atoms with Crippen molar-refractivity contribution in [3.63, 3.8) is 0 Å². The summed E-state index contributed by atoms with van der Waals surface area (Å²) in [6.45, 7) is 0.834. The number of anilines is 1.